The van der Waals surface area contributed by atoms with Crippen LogP contribution in [0.25, 0.3) is 0 Å². The second-order valence-corrected chi connectivity index (χ2v) is 5.94. The molecule has 2 unspecified atom stereocenters. The molecule has 0 radical (unpaired) electrons. The van der Waals surface area contributed by atoms with Crippen LogP contribution in [-0.4, -0.2) is 31.1 Å². The molecule has 1 aromatic carbocycles. The molecule has 0 amide bonds. The summed E-state index contributed by atoms with van der Waals surface area (Å²) >= 11 is 0. The molecular weight excluding hydrogens is 248 g/mol. The fourth-order valence-electron chi connectivity index (χ4n) is 3.36. The molecule has 0 aromatic heterocycles. The van der Waals surface area contributed by atoms with Crippen LogP contribution < -0.4 is 10.5 Å². The first-order valence-electron chi connectivity index (χ1n) is 7.79. The van der Waals surface area contributed by atoms with Gasteiger partial charge in [-0.05, 0) is 57.0 Å². The zero-order valence-corrected chi connectivity index (χ0v) is 13.1. The van der Waals surface area contributed by atoms with Gasteiger partial charge in [0.2, 0.25) is 0 Å². The Morgan fingerprint density at radius 3 is 2.35 bits per heavy atom. The molecule has 1 aliphatic heterocycles. The monoisotopic (exact) mass is 276 g/mol. The summed E-state index contributed by atoms with van der Waals surface area (Å²) in [6, 6.07) is 8.66. The lowest BCUT2D eigenvalue weighted by atomic mass is 9.80. The highest BCUT2D eigenvalue weighted by molar-refractivity contribution is 5.33. The lowest BCUT2D eigenvalue weighted by Crippen LogP contribution is -2.54. The molecule has 1 aliphatic rings. The molecule has 1 heterocycles. The first-order valence-corrected chi connectivity index (χ1v) is 7.79. The van der Waals surface area contributed by atoms with Gasteiger partial charge in [-0.15, -0.1) is 0 Å². The normalized spacial score (nSPS) is 20.6. The first kappa shape index (κ1) is 15.3. The number of ether oxygens (including phenoxy) is 1. The molecular formula is C17H28N2O. The van der Waals surface area contributed by atoms with E-state index in [2.05, 4.69) is 30.9 Å². The summed E-state index contributed by atoms with van der Waals surface area (Å²) in [5, 5.41) is 0. The van der Waals surface area contributed by atoms with Crippen LogP contribution in [0.1, 0.15) is 45.1 Å². The number of rotatable bonds is 6. The molecule has 20 heavy (non-hydrogen) atoms. The van der Waals surface area contributed by atoms with Crippen molar-refractivity contribution in [2.75, 3.05) is 20.2 Å². The van der Waals surface area contributed by atoms with E-state index in [0.717, 1.165) is 18.6 Å². The summed E-state index contributed by atoms with van der Waals surface area (Å²) < 4.78 is 5.25. The van der Waals surface area contributed by atoms with Crippen LogP contribution in [-0.2, 0) is 5.54 Å². The van der Waals surface area contributed by atoms with E-state index in [1.165, 1.54) is 31.5 Å². The van der Waals surface area contributed by atoms with E-state index in [9.17, 15) is 0 Å². The predicted molar refractivity (Wildman–Crippen MR) is 84.0 cm³/mol. The second kappa shape index (κ2) is 6.59. The average molecular weight is 276 g/mol. The van der Waals surface area contributed by atoms with Crippen molar-refractivity contribution in [1.29, 1.82) is 0 Å². The van der Waals surface area contributed by atoms with E-state index in [0.29, 0.717) is 6.04 Å². The predicted octanol–water partition coefficient (Wildman–Crippen LogP) is 3.13. The van der Waals surface area contributed by atoms with Crippen LogP contribution in [0.3, 0.4) is 0 Å². The topological polar surface area (TPSA) is 38.5 Å². The molecule has 0 spiro atoms. The Kier molecular flexibility index (Phi) is 5.06. The largest absolute Gasteiger partial charge is 0.497 e. The summed E-state index contributed by atoms with van der Waals surface area (Å²) in [5.41, 5.74) is 7.81. The minimum atomic E-state index is -0.272. The third-order valence-corrected chi connectivity index (χ3v) is 4.73. The minimum absolute atomic E-state index is 0.272. The van der Waals surface area contributed by atoms with Gasteiger partial charge < -0.3 is 10.5 Å². The van der Waals surface area contributed by atoms with Crippen molar-refractivity contribution in [2.24, 2.45) is 5.73 Å². The summed E-state index contributed by atoms with van der Waals surface area (Å²) in [7, 11) is 1.70. The van der Waals surface area contributed by atoms with Crippen LogP contribution in [0.2, 0.25) is 0 Å². The quantitative estimate of drug-likeness (QED) is 0.867. The average Bonchev–Trinajstić information content (AvgIpc) is 3.01. The molecule has 1 saturated heterocycles. The maximum atomic E-state index is 6.86. The molecule has 2 N–H and O–H groups in total. The van der Waals surface area contributed by atoms with Crippen molar-refractivity contribution in [2.45, 2.75) is 51.1 Å². The number of hydrogen-bond acceptors (Lipinski definition) is 3. The fraction of sp³-hybridized carbons (Fsp3) is 0.647. The van der Waals surface area contributed by atoms with Crippen LogP contribution in [0.15, 0.2) is 24.3 Å². The molecule has 0 bridgehead atoms. The molecule has 0 saturated carbocycles. The summed E-state index contributed by atoms with van der Waals surface area (Å²) in [6.07, 6.45) is 4.71. The molecule has 2 atom stereocenters. The summed E-state index contributed by atoms with van der Waals surface area (Å²) in [4.78, 5) is 2.54. The molecule has 1 aromatic rings. The molecule has 2 rings (SSSR count). The Labute approximate surface area is 123 Å². The van der Waals surface area contributed by atoms with Crippen molar-refractivity contribution >= 4 is 0 Å². The van der Waals surface area contributed by atoms with Crippen molar-refractivity contribution < 1.29 is 4.74 Å². The van der Waals surface area contributed by atoms with Crippen molar-refractivity contribution in [3.8, 4) is 5.75 Å². The maximum Gasteiger partial charge on any atom is 0.118 e. The van der Waals surface area contributed by atoms with E-state index in [1.807, 2.05) is 12.1 Å². The second-order valence-electron chi connectivity index (χ2n) is 5.94. The highest BCUT2D eigenvalue weighted by atomic mass is 16.5. The molecule has 1 fully saturated rings. The highest BCUT2D eigenvalue weighted by Gasteiger charge is 2.37. The number of nitrogens with zero attached hydrogens (tertiary/aromatic N) is 1. The number of benzene rings is 1. The van der Waals surface area contributed by atoms with Gasteiger partial charge in [0.05, 0.1) is 12.6 Å². The van der Waals surface area contributed by atoms with Gasteiger partial charge in [0.15, 0.2) is 0 Å². The van der Waals surface area contributed by atoms with Gasteiger partial charge in [0.1, 0.15) is 5.75 Å². The van der Waals surface area contributed by atoms with Gasteiger partial charge in [0, 0.05) is 6.04 Å². The van der Waals surface area contributed by atoms with Crippen molar-refractivity contribution in [3.05, 3.63) is 29.8 Å². The van der Waals surface area contributed by atoms with Crippen LogP contribution >= 0.6 is 0 Å². The van der Waals surface area contributed by atoms with Crippen LogP contribution in [0, 0.1) is 0 Å². The Balaban J connectivity index is 2.26. The SMILES string of the molecule is CCCC(N)(c1ccc(OC)cc1)C(C)N1CCCC1. The lowest BCUT2D eigenvalue weighted by molar-refractivity contribution is 0.151. The van der Waals surface area contributed by atoms with E-state index in [4.69, 9.17) is 10.5 Å². The first-order chi connectivity index (χ1) is 9.61. The Hall–Kier alpha value is -1.06. The summed E-state index contributed by atoms with van der Waals surface area (Å²) in [5.74, 6) is 0.890. The van der Waals surface area contributed by atoms with Gasteiger partial charge in [0.25, 0.3) is 0 Å². The van der Waals surface area contributed by atoms with Gasteiger partial charge in [-0.25, -0.2) is 0 Å². The third kappa shape index (κ3) is 2.99. The Morgan fingerprint density at radius 2 is 1.85 bits per heavy atom. The standard InChI is InChI=1S/C17H28N2O/c1-4-11-17(18,14(2)19-12-5-6-13-19)15-7-9-16(20-3)10-8-15/h7-10,14H,4-6,11-13,18H2,1-3H3. The molecule has 3 heteroatoms. The minimum Gasteiger partial charge on any atom is -0.497 e. The van der Waals surface area contributed by atoms with Crippen LogP contribution in [0.5, 0.6) is 5.75 Å². The van der Waals surface area contributed by atoms with Gasteiger partial charge >= 0.3 is 0 Å². The van der Waals surface area contributed by atoms with Crippen molar-refractivity contribution in [3.63, 3.8) is 0 Å². The van der Waals surface area contributed by atoms with E-state index in [1.54, 1.807) is 7.11 Å². The number of likely N-dealkylation sites (tertiary alicyclic amines) is 1. The Morgan fingerprint density at radius 1 is 1.25 bits per heavy atom. The zero-order valence-electron chi connectivity index (χ0n) is 13.1. The number of hydrogen-bond donors (Lipinski definition) is 1. The maximum absolute atomic E-state index is 6.86. The smallest absolute Gasteiger partial charge is 0.118 e. The van der Waals surface area contributed by atoms with E-state index >= 15 is 0 Å². The van der Waals surface area contributed by atoms with Crippen LogP contribution in [0.4, 0.5) is 0 Å². The van der Waals surface area contributed by atoms with Gasteiger partial charge in [-0.1, -0.05) is 25.5 Å². The zero-order chi connectivity index (χ0) is 14.6. The number of methoxy groups -OCH3 is 1. The van der Waals surface area contributed by atoms with Gasteiger partial charge in [-0.3, -0.25) is 4.90 Å². The fourth-order valence-corrected chi connectivity index (χ4v) is 3.36. The van der Waals surface area contributed by atoms with E-state index in [-0.39, 0.29) is 5.54 Å². The van der Waals surface area contributed by atoms with Crippen molar-refractivity contribution in [1.82, 2.24) is 4.90 Å². The summed E-state index contributed by atoms with van der Waals surface area (Å²) in [6.45, 7) is 6.85. The molecule has 3 nitrogen and oxygen atoms in total. The molecule has 112 valence electrons. The van der Waals surface area contributed by atoms with Gasteiger partial charge in [-0.2, -0.15) is 0 Å². The highest BCUT2D eigenvalue weighted by Crippen LogP contribution is 2.33. The lowest BCUT2D eigenvalue weighted by Gasteiger charge is -2.41. The molecule has 0 aliphatic carbocycles. The number of nitrogens with two attached hydrogens (primary N) is 1. The van der Waals surface area contributed by atoms with E-state index < -0.39 is 0 Å². The third-order valence-electron chi connectivity index (χ3n) is 4.73. The Bertz CT molecular complexity index is 412.